The van der Waals surface area contributed by atoms with Crippen molar-refractivity contribution in [2.75, 3.05) is 5.32 Å². The molecule has 0 saturated heterocycles. The normalized spacial score (nSPS) is 16.2. The van der Waals surface area contributed by atoms with Crippen LogP contribution in [0.5, 0.6) is 5.75 Å². The van der Waals surface area contributed by atoms with Gasteiger partial charge in [0.15, 0.2) is 11.6 Å². The van der Waals surface area contributed by atoms with Gasteiger partial charge in [-0.15, -0.1) is 0 Å². The Morgan fingerprint density at radius 2 is 1.89 bits per heavy atom. The predicted molar refractivity (Wildman–Crippen MR) is 136 cm³/mol. The summed E-state index contributed by atoms with van der Waals surface area (Å²) in [5, 5.41) is 13.7. The van der Waals surface area contributed by atoms with E-state index in [4.69, 9.17) is 10.1 Å². The molecule has 1 amide bonds. The zero-order chi connectivity index (χ0) is 26.5. The van der Waals surface area contributed by atoms with Crippen LogP contribution in [0, 0.1) is 22.5 Å². The number of halogens is 3. The average molecular weight is 498 g/mol. The van der Waals surface area contributed by atoms with Crippen molar-refractivity contribution in [2.24, 2.45) is 5.41 Å². The first kappa shape index (κ1) is 26.8. The highest BCUT2D eigenvalue weighted by Crippen LogP contribution is 2.45. The second kappa shape index (κ2) is 11.3. The number of benzene rings is 2. The third-order valence-corrected chi connectivity index (χ3v) is 6.09. The maximum Gasteiger partial charge on any atom is 0.226 e. The fourth-order valence-electron chi connectivity index (χ4n) is 3.50. The molecular weight excluding hydrogens is 467 g/mol. The second-order valence-corrected chi connectivity index (χ2v) is 9.09. The highest BCUT2D eigenvalue weighted by molar-refractivity contribution is 5.87. The lowest BCUT2D eigenvalue weighted by Gasteiger charge is -2.28. The van der Waals surface area contributed by atoms with E-state index in [9.17, 15) is 18.0 Å². The third kappa shape index (κ3) is 6.65. The average Bonchev–Trinajstić information content (AvgIpc) is 3.62. The van der Waals surface area contributed by atoms with Crippen molar-refractivity contribution in [1.29, 1.82) is 5.41 Å². The number of carbonyl (C=O) groups is 1. The fraction of sp³-hybridized carbons (Fsp3) is 0.286. The van der Waals surface area contributed by atoms with Gasteiger partial charge >= 0.3 is 0 Å². The highest BCUT2D eigenvalue weighted by Gasteiger charge is 2.45. The van der Waals surface area contributed by atoms with Crippen LogP contribution in [0.3, 0.4) is 0 Å². The standard InChI is InChI=1S/C28H30F3N3O2/c1-5-21(29)8-6-17(2)33-25-11-9-22(14-20(25)16-32)36-26(19-7-10-23(30)24(31)15-19)18(3)34-27(35)28(4)12-13-28/h5-11,14-16,18,26,32-33H,2,12-13H2,1,3-4H3,(H,34,35)/b8-6-,21-5+,32-16?/t18-,26-/m0/s1. The third-order valence-electron chi connectivity index (χ3n) is 6.09. The summed E-state index contributed by atoms with van der Waals surface area (Å²) in [5.41, 5.74) is 1.35. The van der Waals surface area contributed by atoms with Crippen LogP contribution in [0.4, 0.5) is 18.9 Å². The molecule has 36 heavy (non-hydrogen) atoms. The van der Waals surface area contributed by atoms with E-state index in [0.717, 1.165) is 31.2 Å². The Morgan fingerprint density at radius 1 is 1.17 bits per heavy atom. The number of anilines is 1. The van der Waals surface area contributed by atoms with Crippen LogP contribution >= 0.6 is 0 Å². The molecule has 0 bridgehead atoms. The number of amides is 1. The predicted octanol–water partition coefficient (Wildman–Crippen LogP) is 6.74. The minimum atomic E-state index is -1.02. The molecule has 0 radical (unpaired) electrons. The van der Waals surface area contributed by atoms with Gasteiger partial charge in [0.05, 0.1) is 6.04 Å². The Bertz CT molecular complexity index is 1220. The van der Waals surface area contributed by atoms with E-state index in [1.807, 2.05) is 6.92 Å². The van der Waals surface area contributed by atoms with Gasteiger partial charge in [0.1, 0.15) is 17.7 Å². The van der Waals surface area contributed by atoms with E-state index < -0.39 is 35.0 Å². The Kier molecular flexibility index (Phi) is 8.40. The van der Waals surface area contributed by atoms with Crippen molar-refractivity contribution < 1.29 is 22.7 Å². The summed E-state index contributed by atoms with van der Waals surface area (Å²) in [4.78, 5) is 12.6. The molecule has 0 aromatic heterocycles. The summed E-state index contributed by atoms with van der Waals surface area (Å²) >= 11 is 0. The van der Waals surface area contributed by atoms with Crippen molar-refractivity contribution in [3.63, 3.8) is 0 Å². The van der Waals surface area contributed by atoms with Gasteiger partial charge in [0.2, 0.25) is 5.91 Å². The molecule has 0 aliphatic heterocycles. The first-order valence-corrected chi connectivity index (χ1v) is 11.6. The lowest BCUT2D eigenvalue weighted by molar-refractivity contribution is -0.127. The Hall–Kier alpha value is -3.81. The summed E-state index contributed by atoms with van der Waals surface area (Å²) in [7, 11) is 0. The quantitative estimate of drug-likeness (QED) is 0.238. The summed E-state index contributed by atoms with van der Waals surface area (Å²) in [6.07, 6.45) is 5.92. The number of hydrogen-bond acceptors (Lipinski definition) is 4. The molecule has 1 fully saturated rings. The van der Waals surface area contributed by atoms with Crippen molar-refractivity contribution in [1.82, 2.24) is 5.32 Å². The van der Waals surface area contributed by atoms with Crippen molar-refractivity contribution in [2.45, 2.75) is 45.8 Å². The van der Waals surface area contributed by atoms with Gasteiger partial charge in [-0.25, -0.2) is 13.2 Å². The molecule has 0 spiro atoms. The molecule has 3 N–H and O–H groups in total. The van der Waals surface area contributed by atoms with E-state index in [1.54, 1.807) is 32.0 Å². The lowest BCUT2D eigenvalue weighted by atomic mass is 10.0. The second-order valence-electron chi connectivity index (χ2n) is 9.09. The molecular formula is C28H30F3N3O2. The minimum Gasteiger partial charge on any atom is -0.484 e. The molecule has 2 atom stereocenters. The summed E-state index contributed by atoms with van der Waals surface area (Å²) < 4.78 is 47.1. The number of allylic oxidation sites excluding steroid dienone is 4. The number of hydrogen-bond donors (Lipinski definition) is 3. The van der Waals surface area contributed by atoms with Crippen LogP contribution in [0.15, 0.2) is 72.7 Å². The van der Waals surface area contributed by atoms with E-state index in [1.165, 1.54) is 24.3 Å². The summed E-state index contributed by atoms with van der Waals surface area (Å²) in [6, 6.07) is 7.83. The van der Waals surface area contributed by atoms with E-state index in [-0.39, 0.29) is 5.91 Å². The SMILES string of the molecule is C=C(/C=C\C(F)=C/C)Nc1ccc(O[C@H](c2ccc(F)c(F)c2)[C@H](C)NC(=O)C2(C)CC2)cc1C=N. The molecule has 3 rings (SSSR count). The molecule has 8 heteroatoms. The molecule has 0 unspecified atom stereocenters. The molecule has 2 aromatic carbocycles. The van der Waals surface area contributed by atoms with E-state index >= 15 is 0 Å². The van der Waals surface area contributed by atoms with E-state index in [2.05, 4.69) is 17.2 Å². The summed E-state index contributed by atoms with van der Waals surface area (Å²) in [6.45, 7) is 9.02. The summed E-state index contributed by atoms with van der Waals surface area (Å²) in [5.74, 6) is -2.17. The fourth-order valence-corrected chi connectivity index (χ4v) is 3.50. The van der Waals surface area contributed by atoms with Crippen LogP contribution in [-0.2, 0) is 4.79 Å². The minimum absolute atomic E-state index is 0.119. The molecule has 1 saturated carbocycles. The van der Waals surface area contributed by atoms with Crippen LogP contribution in [0.25, 0.3) is 0 Å². The maximum atomic E-state index is 14.0. The van der Waals surface area contributed by atoms with Crippen molar-refractivity contribution in [3.05, 3.63) is 95.5 Å². The Labute approximate surface area is 209 Å². The van der Waals surface area contributed by atoms with Gasteiger partial charge in [-0.05, 0) is 74.7 Å². The number of ether oxygens (including phenoxy) is 1. The first-order chi connectivity index (χ1) is 17.1. The monoisotopic (exact) mass is 497 g/mol. The maximum absolute atomic E-state index is 14.0. The van der Waals surface area contributed by atoms with Gasteiger partial charge in [-0.3, -0.25) is 4.79 Å². The number of nitrogens with one attached hydrogen (secondary N) is 3. The number of carbonyl (C=O) groups excluding carboxylic acids is 1. The number of rotatable bonds is 11. The zero-order valence-electron chi connectivity index (χ0n) is 20.5. The van der Waals surface area contributed by atoms with Crippen LogP contribution in [0.1, 0.15) is 50.8 Å². The molecule has 2 aromatic rings. The van der Waals surface area contributed by atoms with Crippen LogP contribution in [-0.4, -0.2) is 18.2 Å². The lowest BCUT2D eigenvalue weighted by Crippen LogP contribution is -2.42. The van der Waals surface area contributed by atoms with E-state index in [0.29, 0.717) is 28.3 Å². The Morgan fingerprint density at radius 3 is 2.50 bits per heavy atom. The van der Waals surface area contributed by atoms with Crippen molar-refractivity contribution in [3.8, 4) is 5.75 Å². The van der Waals surface area contributed by atoms with Gasteiger partial charge < -0.3 is 20.8 Å². The van der Waals surface area contributed by atoms with Gasteiger partial charge in [0, 0.05) is 28.6 Å². The van der Waals surface area contributed by atoms with Gasteiger partial charge in [0.25, 0.3) is 0 Å². The molecule has 1 aliphatic carbocycles. The Balaban J connectivity index is 1.85. The first-order valence-electron chi connectivity index (χ1n) is 11.6. The van der Waals surface area contributed by atoms with Crippen LogP contribution in [0.2, 0.25) is 0 Å². The smallest absolute Gasteiger partial charge is 0.226 e. The zero-order valence-corrected chi connectivity index (χ0v) is 20.5. The van der Waals surface area contributed by atoms with Gasteiger partial charge in [-0.1, -0.05) is 25.6 Å². The molecule has 0 heterocycles. The highest BCUT2D eigenvalue weighted by atomic mass is 19.2. The topological polar surface area (TPSA) is 74.2 Å². The van der Waals surface area contributed by atoms with Crippen molar-refractivity contribution >= 4 is 17.8 Å². The molecule has 190 valence electrons. The van der Waals surface area contributed by atoms with Crippen LogP contribution < -0.4 is 15.4 Å². The van der Waals surface area contributed by atoms with Gasteiger partial charge in [-0.2, -0.15) is 0 Å². The molecule has 5 nitrogen and oxygen atoms in total. The molecule has 1 aliphatic rings. The largest absolute Gasteiger partial charge is 0.484 e.